The fourth-order valence-electron chi connectivity index (χ4n) is 2.50. The fourth-order valence-corrected chi connectivity index (χ4v) is 3.07. The minimum Gasteiger partial charge on any atom is -0.493 e. The van der Waals surface area contributed by atoms with E-state index in [1.165, 1.54) is 6.08 Å². The highest BCUT2D eigenvalue weighted by atomic mass is 79.9. The van der Waals surface area contributed by atoms with E-state index >= 15 is 0 Å². The molecule has 0 saturated heterocycles. The number of methoxy groups -OCH3 is 1. The summed E-state index contributed by atoms with van der Waals surface area (Å²) in [4.78, 5) is 12.4. The first-order chi connectivity index (χ1) is 12.6. The maximum atomic E-state index is 12.4. The second kappa shape index (κ2) is 8.27. The predicted molar refractivity (Wildman–Crippen MR) is 102 cm³/mol. The van der Waals surface area contributed by atoms with Crippen LogP contribution in [0, 0.1) is 0 Å². The highest BCUT2D eigenvalue weighted by Crippen LogP contribution is 2.37. The van der Waals surface area contributed by atoms with Gasteiger partial charge in [-0.15, -0.1) is 0 Å². The summed E-state index contributed by atoms with van der Waals surface area (Å²) in [5.74, 6) is 2.40. The Bertz CT molecular complexity index is 844. The van der Waals surface area contributed by atoms with Gasteiger partial charge in [-0.2, -0.15) is 0 Å². The second-order valence-electron chi connectivity index (χ2n) is 5.65. The van der Waals surface area contributed by atoms with Crippen LogP contribution in [-0.4, -0.2) is 26.3 Å². The van der Waals surface area contributed by atoms with E-state index in [0.29, 0.717) is 35.2 Å². The Balaban J connectivity index is 1.79. The van der Waals surface area contributed by atoms with E-state index in [0.717, 1.165) is 16.5 Å². The Morgan fingerprint density at radius 2 is 2.04 bits per heavy atom. The fraction of sp³-hybridized carbons (Fsp3) is 0.250. The van der Waals surface area contributed by atoms with E-state index in [9.17, 15) is 4.79 Å². The van der Waals surface area contributed by atoms with Gasteiger partial charge < -0.3 is 18.9 Å². The van der Waals surface area contributed by atoms with Gasteiger partial charge in [0.15, 0.2) is 28.8 Å². The molecule has 0 saturated carbocycles. The lowest BCUT2D eigenvalue weighted by atomic mass is 10.1. The SMILES string of the molecule is CCCOc1c(Br)cc(/C=C/C(=O)c2ccc3c(c2)OCO3)cc1OC. The van der Waals surface area contributed by atoms with Crippen LogP contribution >= 0.6 is 15.9 Å². The molecule has 0 fully saturated rings. The molecule has 0 N–H and O–H groups in total. The van der Waals surface area contributed by atoms with Gasteiger partial charge in [-0.1, -0.05) is 13.0 Å². The number of allylic oxidation sites excluding steroid dienone is 1. The molecule has 136 valence electrons. The summed E-state index contributed by atoms with van der Waals surface area (Å²) >= 11 is 3.50. The van der Waals surface area contributed by atoms with Crippen LogP contribution in [-0.2, 0) is 0 Å². The number of fused-ring (bicyclic) bond motifs is 1. The Labute approximate surface area is 160 Å². The van der Waals surface area contributed by atoms with Crippen molar-refractivity contribution in [2.45, 2.75) is 13.3 Å². The molecule has 1 heterocycles. The van der Waals surface area contributed by atoms with E-state index in [4.69, 9.17) is 18.9 Å². The summed E-state index contributed by atoms with van der Waals surface area (Å²) in [5.41, 5.74) is 1.37. The number of carbonyl (C=O) groups excluding carboxylic acids is 1. The molecular weight excluding hydrogens is 400 g/mol. The molecule has 0 unspecified atom stereocenters. The summed E-state index contributed by atoms with van der Waals surface area (Å²) < 4.78 is 22.5. The summed E-state index contributed by atoms with van der Waals surface area (Å²) in [7, 11) is 1.59. The van der Waals surface area contributed by atoms with Crippen LogP contribution in [0.4, 0.5) is 0 Å². The molecule has 2 aromatic carbocycles. The first-order valence-corrected chi connectivity index (χ1v) is 9.04. The zero-order valence-corrected chi connectivity index (χ0v) is 16.2. The van der Waals surface area contributed by atoms with Crippen molar-refractivity contribution in [1.82, 2.24) is 0 Å². The zero-order valence-electron chi connectivity index (χ0n) is 14.6. The molecule has 0 atom stereocenters. The molecule has 1 aliphatic heterocycles. The number of rotatable bonds is 7. The third-order valence-corrected chi connectivity index (χ3v) is 4.38. The molecule has 5 nitrogen and oxygen atoms in total. The number of hydrogen-bond acceptors (Lipinski definition) is 5. The molecule has 26 heavy (non-hydrogen) atoms. The minimum atomic E-state index is -0.121. The molecule has 0 spiro atoms. The quantitative estimate of drug-likeness (QED) is 0.474. The predicted octanol–water partition coefficient (Wildman–Crippen LogP) is 4.87. The van der Waals surface area contributed by atoms with Gasteiger partial charge in [0, 0.05) is 5.56 Å². The van der Waals surface area contributed by atoms with Crippen molar-refractivity contribution in [2.75, 3.05) is 20.5 Å². The molecule has 0 aliphatic carbocycles. The maximum Gasteiger partial charge on any atom is 0.231 e. The van der Waals surface area contributed by atoms with Gasteiger partial charge >= 0.3 is 0 Å². The number of carbonyl (C=O) groups is 1. The average molecular weight is 419 g/mol. The molecule has 2 aromatic rings. The molecule has 0 radical (unpaired) electrons. The minimum absolute atomic E-state index is 0.121. The highest BCUT2D eigenvalue weighted by Gasteiger charge is 2.15. The van der Waals surface area contributed by atoms with Gasteiger partial charge in [0.1, 0.15) is 0 Å². The zero-order chi connectivity index (χ0) is 18.5. The molecule has 6 heteroatoms. The lowest BCUT2D eigenvalue weighted by molar-refractivity contribution is 0.104. The van der Waals surface area contributed by atoms with E-state index in [2.05, 4.69) is 15.9 Å². The third kappa shape index (κ3) is 4.02. The molecule has 1 aliphatic rings. The molecule has 0 bridgehead atoms. The van der Waals surface area contributed by atoms with Crippen LogP contribution in [0.15, 0.2) is 40.9 Å². The van der Waals surface area contributed by atoms with Gasteiger partial charge in [0.2, 0.25) is 6.79 Å². The number of ether oxygens (including phenoxy) is 4. The molecule has 0 aromatic heterocycles. The van der Waals surface area contributed by atoms with E-state index in [-0.39, 0.29) is 12.6 Å². The standard InChI is InChI=1S/C20H19BrO5/c1-3-8-24-20-15(21)9-13(10-19(20)23-2)4-6-16(22)14-5-7-17-18(11-14)26-12-25-17/h4-7,9-11H,3,8,12H2,1-2H3/b6-4+. The van der Waals surface area contributed by atoms with Gasteiger partial charge in [-0.05, 0) is 64.3 Å². The van der Waals surface area contributed by atoms with Crippen molar-refractivity contribution in [3.63, 3.8) is 0 Å². The van der Waals surface area contributed by atoms with Crippen molar-refractivity contribution in [3.05, 3.63) is 52.0 Å². The van der Waals surface area contributed by atoms with Gasteiger partial charge in [-0.25, -0.2) is 0 Å². The molecule has 3 rings (SSSR count). The molecular formula is C20H19BrO5. The van der Waals surface area contributed by atoms with E-state index in [1.54, 1.807) is 31.4 Å². The van der Waals surface area contributed by atoms with Crippen molar-refractivity contribution in [2.24, 2.45) is 0 Å². The highest BCUT2D eigenvalue weighted by molar-refractivity contribution is 9.10. The smallest absolute Gasteiger partial charge is 0.231 e. The topological polar surface area (TPSA) is 54.0 Å². The first-order valence-electron chi connectivity index (χ1n) is 8.24. The first kappa shape index (κ1) is 18.3. The summed E-state index contributed by atoms with van der Waals surface area (Å²) in [6.45, 7) is 2.83. The lowest BCUT2D eigenvalue weighted by Crippen LogP contribution is -1.99. The molecule has 0 amide bonds. The van der Waals surface area contributed by atoms with Crippen LogP contribution in [0.25, 0.3) is 6.08 Å². The Morgan fingerprint density at radius 3 is 2.81 bits per heavy atom. The third-order valence-electron chi connectivity index (χ3n) is 3.79. The number of benzene rings is 2. The normalized spacial score (nSPS) is 12.4. The van der Waals surface area contributed by atoms with Crippen LogP contribution in [0.2, 0.25) is 0 Å². The van der Waals surface area contributed by atoms with Crippen molar-refractivity contribution in [1.29, 1.82) is 0 Å². The van der Waals surface area contributed by atoms with Gasteiger partial charge in [0.05, 0.1) is 18.2 Å². The Morgan fingerprint density at radius 1 is 1.23 bits per heavy atom. The second-order valence-corrected chi connectivity index (χ2v) is 6.50. The largest absolute Gasteiger partial charge is 0.493 e. The average Bonchev–Trinajstić information content (AvgIpc) is 3.12. The van der Waals surface area contributed by atoms with Gasteiger partial charge in [-0.3, -0.25) is 4.79 Å². The van der Waals surface area contributed by atoms with Crippen molar-refractivity contribution < 1.29 is 23.7 Å². The summed E-state index contributed by atoms with van der Waals surface area (Å²) in [6.07, 6.45) is 4.16. The number of halogens is 1. The maximum absolute atomic E-state index is 12.4. The number of hydrogen-bond donors (Lipinski definition) is 0. The van der Waals surface area contributed by atoms with Crippen LogP contribution in [0.3, 0.4) is 0 Å². The lowest BCUT2D eigenvalue weighted by Gasteiger charge is -2.12. The van der Waals surface area contributed by atoms with Gasteiger partial charge in [0.25, 0.3) is 0 Å². The Hall–Kier alpha value is -2.47. The van der Waals surface area contributed by atoms with E-state index < -0.39 is 0 Å². The monoisotopic (exact) mass is 418 g/mol. The number of ketones is 1. The van der Waals surface area contributed by atoms with Crippen LogP contribution in [0.1, 0.15) is 29.3 Å². The van der Waals surface area contributed by atoms with Crippen LogP contribution < -0.4 is 18.9 Å². The van der Waals surface area contributed by atoms with E-state index in [1.807, 2.05) is 19.1 Å². The summed E-state index contributed by atoms with van der Waals surface area (Å²) in [6, 6.07) is 8.87. The van der Waals surface area contributed by atoms with Crippen molar-refractivity contribution in [3.8, 4) is 23.0 Å². The van der Waals surface area contributed by atoms with Crippen molar-refractivity contribution >= 4 is 27.8 Å². The van der Waals surface area contributed by atoms with Crippen LogP contribution in [0.5, 0.6) is 23.0 Å². The Kier molecular flexibility index (Phi) is 5.83. The summed E-state index contributed by atoms with van der Waals surface area (Å²) in [5, 5.41) is 0.